The molecule has 0 spiro atoms. The van der Waals surface area contributed by atoms with Gasteiger partial charge in [-0.1, -0.05) is 65.2 Å². The van der Waals surface area contributed by atoms with Gasteiger partial charge in [0.1, 0.15) is 0 Å². The van der Waals surface area contributed by atoms with Gasteiger partial charge in [0.25, 0.3) is 0 Å². The highest BCUT2D eigenvalue weighted by Gasteiger charge is 1.99. The Morgan fingerprint density at radius 1 is 0.765 bits per heavy atom. The van der Waals surface area contributed by atoms with Crippen molar-refractivity contribution in [2.45, 2.75) is 84.5 Å². The molecule has 0 aromatic rings. The summed E-state index contributed by atoms with van der Waals surface area (Å²) in [7, 11) is 0. The topological polar surface area (TPSA) is 29.1 Å². The minimum atomic E-state index is 0.240. The fraction of sp³-hybridized carbons (Fsp3) is 0.933. The van der Waals surface area contributed by atoms with E-state index in [2.05, 4.69) is 19.2 Å². The monoisotopic (exact) mass is 241 g/mol. The van der Waals surface area contributed by atoms with Crippen molar-refractivity contribution in [3.8, 4) is 0 Å². The summed E-state index contributed by atoms with van der Waals surface area (Å²) in [6, 6.07) is 0. The first kappa shape index (κ1) is 16.5. The zero-order valence-electron chi connectivity index (χ0n) is 11.9. The molecule has 1 N–H and O–H groups in total. The van der Waals surface area contributed by atoms with Gasteiger partial charge >= 0.3 is 0 Å². The lowest BCUT2D eigenvalue weighted by atomic mass is 10.1. The van der Waals surface area contributed by atoms with Crippen LogP contribution in [0.5, 0.6) is 0 Å². The van der Waals surface area contributed by atoms with Gasteiger partial charge in [0, 0.05) is 13.0 Å². The van der Waals surface area contributed by atoms with Crippen LogP contribution in [0.3, 0.4) is 0 Å². The Morgan fingerprint density at radius 3 is 1.94 bits per heavy atom. The maximum atomic E-state index is 11.4. The summed E-state index contributed by atoms with van der Waals surface area (Å²) in [4.78, 5) is 11.4. The Hall–Kier alpha value is -0.530. The number of nitrogens with one attached hydrogen (secondary N) is 1. The number of amides is 1. The molecule has 0 fully saturated rings. The molecule has 2 heteroatoms. The molecule has 0 saturated carbocycles. The smallest absolute Gasteiger partial charge is 0.219 e. The average molecular weight is 241 g/mol. The van der Waals surface area contributed by atoms with Crippen molar-refractivity contribution < 1.29 is 4.79 Å². The lowest BCUT2D eigenvalue weighted by Crippen LogP contribution is -2.23. The summed E-state index contributed by atoms with van der Waals surface area (Å²) < 4.78 is 0. The molecular weight excluding hydrogens is 210 g/mol. The minimum absolute atomic E-state index is 0.240. The van der Waals surface area contributed by atoms with E-state index in [9.17, 15) is 4.79 Å². The maximum absolute atomic E-state index is 11.4. The van der Waals surface area contributed by atoms with Crippen LogP contribution in [-0.4, -0.2) is 12.5 Å². The molecule has 102 valence electrons. The van der Waals surface area contributed by atoms with Crippen LogP contribution in [0, 0.1) is 0 Å². The third kappa shape index (κ3) is 13.4. The molecular formula is C15H31NO. The van der Waals surface area contributed by atoms with E-state index in [1.165, 1.54) is 51.4 Å². The second-order valence-corrected chi connectivity index (χ2v) is 4.93. The molecule has 1 amide bonds. The molecule has 0 aliphatic rings. The Bertz CT molecular complexity index is 168. The Morgan fingerprint density at radius 2 is 1.29 bits per heavy atom. The van der Waals surface area contributed by atoms with Gasteiger partial charge in [0.15, 0.2) is 0 Å². The summed E-state index contributed by atoms with van der Waals surface area (Å²) >= 11 is 0. The van der Waals surface area contributed by atoms with Gasteiger partial charge in [0.2, 0.25) is 5.91 Å². The number of hydrogen-bond acceptors (Lipinski definition) is 1. The molecule has 17 heavy (non-hydrogen) atoms. The summed E-state index contributed by atoms with van der Waals surface area (Å²) in [5, 5.41) is 3.00. The van der Waals surface area contributed by atoms with Crippen molar-refractivity contribution in [1.29, 1.82) is 0 Å². The van der Waals surface area contributed by atoms with Crippen LogP contribution in [0.4, 0.5) is 0 Å². The molecule has 0 aliphatic carbocycles. The highest BCUT2D eigenvalue weighted by atomic mass is 16.1. The lowest BCUT2D eigenvalue weighted by molar-refractivity contribution is -0.121. The molecule has 0 bridgehead atoms. The van der Waals surface area contributed by atoms with Crippen LogP contribution < -0.4 is 5.32 Å². The second kappa shape index (κ2) is 13.5. The molecule has 0 aromatic heterocycles. The van der Waals surface area contributed by atoms with Crippen LogP contribution in [-0.2, 0) is 4.79 Å². The van der Waals surface area contributed by atoms with Crippen LogP contribution in [0.1, 0.15) is 84.5 Å². The van der Waals surface area contributed by atoms with Crippen molar-refractivity contribution in [3.05, 3.63) is 0 Å². The van der Waals surface area contributed by atoms with Gasteiger partial charge in [0.05, 0.1) is 0 Å². The van der Waals surface area contributed by atoms with E-state index in [1.54, 1.807) is 0 Å². The van der Waals surface area contributed by atoms with Crippen molar-refractivity contribution in [3.63, 3.8) is 0 Å². The van der Waals surface area contributed by atoms with Crippen molar-refractivity contribution >= 4 is 5.91 Å². The van der Waals surface area contributed by atoms with Crippen LogP contribution in [0.2, 0.25) is 0 Å². The third-order valence-electron chi connectivity index (χ3n) is 3.11. The zero-order valence-corrected chi connectivity index (χ0v) is 11.9. The standard InChI is InChI=1S/C15H31NO/c1-3-5-7-8-9-10-12-14-16-15(17)13-11-6-4-2/h3-14H2,1-2H3,(H,16,17). The predicted octanol–water partition coefficient (Wildman–Crippen LogP) is 4.43. The zero-order chi connectivity index (χ0) is 12.8. The van der Waals surface area contributed by atoms with Crippen LogP contribution in [0.15, 0.2) is 0 Å². The van der Waals surface area contributed by atoms with Crippen molar-refractivity contribution in [2.24, 2.45) is 0 Å². The number of hydrogen-bond donors (Lipinski definition) is 1. The highest BCUT2D eigenvalue weighted by molar-refractivity contribution is 5.75. The lowest BCUT2D eigenvalue weighted by Gasteiger charge is -2.05. The van der Waals surface area contributed by atoms with E-state index in [0.29, 0.717) is 6.42 Å². The van der Waals surface area contributed by atoms with E-state index in [0.717, 1.165) is 19.4 Å². The van der Waals surface area contributed by atoms with Gasteiger partial charge in [-0.05, 0) is 12.8 Å². The molecule has 0 radical (unpaired) electrons. The van der Waals surface area contributed by atoms with E-state index in [-0.39, 0.29) is 5.91 Å². The van der Waals surface area contributed by atoms with E-state index in [4.69, 9.17) is 0 Å². The average Bonchev–Trinajstić information content (AvgIpc) is 2.33. The first-order valence-electron chi connectivity index (χ1n) is 7.58. The SMILES string of the molecule is CCCCCCCCCNC(=O)CCCCC. The Labute approximate surface area is 108 Å². The van der Waals surface area contributed by atoms with E-state index in [1.807, 2.05) is 0 Å². The van der Waals surface area contributed by atoms with E-state index < -0.39 is 0 Å². The summed E-state index contributed by atoms with van der Waals surface area (Å²) in [6.07, 6.45) is 13.3. The molecule has 0 rings (SSSR count). The number of carbonyl (C=O) groups is 1. The molecule has 2 nitrogen and oxygen atoms in total. The quantitative estimate of drug-likeness (QED) is 0.503. The van der Waals surface area contributed by atoms with E-state index >= 15 is 0 Å². The van der Waals surface area contributed by atoms with Crippen molar-refractivity contribution in [2.75, 3.05) is 6.54 Å². The maximum Gasteiger partial charge on any atom is 0.219 e. The molecule has 0 aromatic carbocycles. The van der Waals surface area contributed by atoms with Gasteiger partial charge in [-0.15, -0.1) is 0 Å². The third-order valence-corrected chi connectivity index (χ3v) is 3.11. The predicted molar refractivity (Wildman–Crippen MR) is 75.1 cm³/mol. The first-order valence-corrected chi connectivity index (χ1v) is 7.58. The Kier molecular flexibility index (Phi) is 13.1. The molecule has 0 aliphatic heterocycles. The first-order chi connectivity index (χ1) is 8.31. The second-order valence-electron chi connectivity index (χ2n) is 4.93. The Balaban J connectivity index is 3.08. The van der Waals surface area contributed by atoms with Gasteiger partial charge in [-0.25, -0.2) is 0 Å². The fourth-order valence-corrected chi connectivity index (χ4v) is 1.93. The molecule has 0 unspecified atom stereocenters. The summed E-state index contributed by atoms with van der Waals surface area (Å²) in [5.41, 5.74) is 0. The highest BCUT2D eigenvalue weighted by Crippen LogP contribution is 2.06. The van der Waals surface area contributed by atoms with Crippen LogP contribution in [0.25, 0.3) is 0 Å². The summed E-state index contributed by atoms with van der Waals surface area (Å²) in [5.74, 6) is 0.240. The van der Waals surface area contributed by atoms with Crippen LogP contribution >= 0.6 is 0 Å². The van der Waals surface area contributed by atoms with Gasteiger partial charge < -0.3 is 5.32 Å². The number of rotatable bonds is 12. The normalized spacial score (nSPS) is 10.5. The molecule has 0 saturated heterocycles. The number of unbranched alkanes of at least 4 members (excludes halogenated alkanes) is 8. The fourth-order valence-electron chi connectivity index (χ4n) is 1.93. The molecule has 0 heterocycles. The minimum Gasteiger partial charge on any atom is -0.356 e. The van der Waals surface area contributed by atoms with Crippen molar-refractivity contribution in [1.82, 2.24) is 5.32 Å². The van der Waals surface area contributed by atoms with Gasteiger partial charge in [-0.2, -0.15) is 0 Å². The molecule has 0 atom stereocenters. The summed E-state index contributed by atoms with van der Waals surface area (Å²) in [6.45, 7) is 5.28. The number of carbonyl (C=O) groups excluding carboxylic acids is 1. The largest absolute Gasteiger partial charge is 0.356 e. The van der Waals surface area contributed by atoms with Gasteiger partial charge in [-0.3, -0.25) is 4.79 Å².